The van der Waals surface area contributed by atoms with Crippen LogP contribution in [0.1, 0.15) is 45.3 Å². The molecule has 0 fully saturated rings. The standard InChI is InChI=1S/C23H26N4O4/c1-14-3-6-17(31-14)12-25-23(28)22-18-10-16(5-7-19(18)27(2)26-22)24-11-15-4-8-20-21(9-15)30-13-29-20/h3-4,6,8-9,16,24H,5,7,10-13H2,1-2H3,(H,25,28). The highest BCUT2D eigenvalue weighted by molar-refractivity contribution is 5.94. The predicted octanol–water partition coefficient (Wildman–Crippen LogP) is 2.63. The highest BCUT2D eigenvalue weighted by Gasteiger charge is 2.28. The summed E-state index contributed by atoms with van der Waals surface area (Å²) in [5.41, 5.74) is 3.83. The number of carbonyl (C=O) groups excluding carboxylic acids is 1. The van der Waals surface area contributed by atoms with Gasteiger partial charge >= 0.3 is 0 Å². The normalized spacial score (nSPS) is 16.9. The van der Waals surface area contributed by atoms with Crippen LogP contribution in [0, 0.1) is 6.92 Å². The van der Waals surface area contributed by atoms with Crippen LogP contribution in [-0.2, 0) is 33.0 Å². The molecule has 0 bridgehead atoms. The van der Waals surface area contributed by atoms with E-state index in [0.717, 1.165) is 65.6 Å². The number of aryl methyl sites for hydroxylation is 2. The number of fused-ring (bicyclic) bond motifs is 2. The number of nitrogens with zero attached hydrogens (tertiary/aromatic N) is 2. The molecule has 5 rings (SSSR count). The van der Waals surface area contributed by atoms with E-state index >= 15 is 0 Å². The van der Waals surface area contributed by atoms with Gasteiger partial charge in [-0.25, -0.2) is 0 Å². The molecule has 3 heterocycles. The summed E-state index contributed by atoms with van der Waals surface area (Å²) < 4.78 is 18.2. The largest absolute Gasteiger partial charge is 0.465 e. The summed E-state index contributed by atoms with van der Waals surface area (Å²) in [6.45, 7) is 3.25. The predicted molar refractivity (Wildman–Crippen MR) is 113 cm³/mol. The molecule has 2 N–H and O–H groups in total. The van der Waals surface area contributed by atoms with Crippen molar-refractivity contribution in [3.63, 3.8) is 0 Å². The first-order valence-electron chi connectivity index (χ1n) is 10.6. The minimum Gasteiger partial charge on any atom is -0.465 e. The summed E-state index contributed by atoms with van der Waals surface area (Å²) in [4.78, 5) is 12.8. The maximum absolute atomic E-state index is 12.8. The van der Waals surface area contributed by atoms with Gasteiger partial charge < -0.3 is 24.5 Å². The van der Waals surface area contributed by atoms with Gasteiger partial charge in [0, 0.05) is 30.9 Å². The maximum Gasteiger partial charge on any atom is 0.272 e. The van der Waals surface area contributed by atoms with Crippen LogP contribution in [0.15, 0.2) is 34.7 Å². The molecule has 162 valence electrons. The number of rotatable bonds is 6. The van der Waals surface area contributed by atoms with Crippen molar-refractivity contribution in [2.45, 2.75) is 45.3 Å². The minimum atomic E-state index is -0.165. The molecule has 31 heavy (non-hydrogen) atoms. The summed E-state index contributed by atoms with van der Waals surface area (Å²) in [7, 11) is 1.91. The Balaban J connectivity index is 1.24. The molecule has 0 radical (unpaired) electrons. The van der Waals surface area contributed by atoms with Crippen LogP contribution in [0.4, 0.5) is 0 Å². The van der Waals surface area contributed by atoms with E-state index in [0.29, 0.717) is 12.2 Å². The monoisotopic (exact) mass is 422 g/mol. The molecule has 1 unspecified atom stereocenters. The third-order valence-electron chi connectivity index (χ3n) is 5.92. The first-order valence-corrected chi connectivity index (χ1v) is 10.6. The quantitative estimate of drug-likeness (QED) is 0.635. The summed E-state index contributed by atoms with van der Waals surface area (Å²) in [6, 6.07) is 10.1. The van der Waals surface area contributed by atoms with E-state index in [1.807, 2.05) is 49.0 Å². The number of carbonyl (C=O) groups is 1. The van der Waals surface area contributed by atoms with Crippen molar-refractivity contribution >= 4 is 5.91 Å². The molecule has 2 aliphatic rings. The van der Waals surface area contributed by atoms with Gasteiger partial charge in [0.1, 0.15) is 11.5 Å². The zero-order valence-corrected chi connectivity index (χ0v) is 17.7. The summed E-state index contributed by atoms with van der Waals surface area (Å²) in [6.07, 6.45) is 2.67. The van der Waals surface area contributed by atoms with Crippen LogP contribution in [0.2, 0.25) is 0 Å². The number of amides is 1. The van der Waals surface area contributed by atoms with Gasteiger partial charge in [0.15, 0.2) is 17.2 Å². The molecule has 0 spiro atoms. The SMILES string of the molecule is Cc1ccc(CNC(=O)c2nn(C)c3c2CC(NCc2ccc4c(c2)OCO4)CC3)o1. The molecular weight excluding hydrogens is 396 g/mol. The lowest BCUT2D eigenvalue weighted by Crippen LogP contribution is -2.35. The third kappa shape index (κ3) is 4.03. The van der Waals surface area contributed by atoms with Crippen LogP contribution < -0.4 is 20.1 Å². The maximum atomic E-state index is 12.8. The molecule has 1 aromatic carbocycles. The van der Waals surface area contributed by atoms with E-state index in [4.69, 9.17) is 13.9 Å². The molecule has 8 nitrogen and oxygen atoms in total. The summed E-state index contributed by atoms with van der Waals surface area (Å²) >= 11 is 0. The lowest BCUT2D eigenvalue weighted by molar-refractivity contribution is 0.0941. The Morgan fingerprint density at radius 2 is 2.06 bits per heavy atom. The van der Waals surface area contributed by atoms with Crippen molar-refractivity contribution in [1.82, 2.24) is 20.4 Å². The molecule has 0 saturated heterocycles. The second-order valence-electron chi connectivity index (χ2n) is 8.10. The number of aromatic nitrogens is 2. The van der Waals surface area contributed by atoms with Crippen LogP contribution in [0.3, 0.4) is 0 Å². The van der Waals surface area contributed by atoms with Crippen molar-refractivity contribution in [1.29, 1.82) is 0 Å². The molecule has 8 heteroatoms. The molecule has 1 aliphatic carbocycles. The van der Waals surface area contributed by atoms with Crippen LogP contribution in [0.25, 0.3) is 0 Å². The minimum absolute atomic E-state index is 0.165. The Kier molecular flexibility index (Phi) is 5.15. The van der Waals surface area contributed by atoms with E-state index < -0.39 is 0 Å². The molecule has 3 aromatic rings. The zero-order chi connectivity index (χ0) is 21.4. The van der Waals surface area contributed by atoms with E-state index in [9.17, 15) is 4.79 Å². The third-order valence-corrected chi connectivity index (χ3v) is 5.92. The van der Waals surface area contributed by atoms with E-state index in [1.54, 1.807) is 0 Å². The second-order valence-corrected chi connectivity index (χ2v) is 8.10. The zero-order valence-electron chi connectivity index (χ0n) is 17.7. The Morgan fingerprint density at radius 1 is 1.19 bits per heavy atom. The molecule has 1 atom stereocenters. The average molecular weight is 422 g/mol. The summed E-state index contributed by atoms with van der Waals surface area (Å²) in [5, 5.41) is 11.1. The number of benzene rings is 1. The molecular formula is C23H26N4O4. The fraction of sp³-hybridized carbons (Fsp3) is 0.391. The van der Waals surface area contributed by atoms with Gasteiger partial charge in [-0.15, -0.1) is 0 Å². The lowest BCUT2D eigenvalue weighted by atomic mass is 9.91. The summed E-state index contributed by atoms with van der Waals surface area (Å²) in [5.74, 6) is 2.99. The molecule has 0 saturated carbocycles. The van der Waals surface area contributed by atoms with Gasteiger partial charge in [-0.1, -0.05) is 6.07 Å². The van der Waals surface area contributed by atoms with Gasteiger partial charge in [-0.3, -0.25) is 9.48 Å². The second kappa shape index (κ2) is 8.11. The number of hydrogen-bond donors (Lipinski definition) is 2. The average Bonchev–Trinajstić information content (AvgIpc) is 3.49. The highest BCUT2D eigenvalue weighted by Crippen LogP contribution is 2.32. The number of furan rings is 1. The van der Waals surface area contributed by atoms with E-state index in [1.165, 1.54) is 0 Å². The van der Waals surface area contributed by atoms with Crippen LogP contribution in [-0.4, -0.2) is 28.5 Å². The van der Waals surface area contributed by atoms with E-state index in [-0.39, 0.29) is 18.7 Å². The van der Waals surface area contributed by atoms with Crippen LogP contribution in [0.5, 0.6) is 11.5 Å². The molecule has 1 aliphatic heterocycles. The fourth-order valence-corrected chi connectivity index (χ4v) is 4.29. The Labute approximate surface area is 180 Å². The Morgan fingerprint density at radius 3 is 2.90 bits per heavy atom. The van der Waals surface area contributed by atoms with Crippen molar-refractivity contribution in [2.75, 3.05) is 6.79 Å². The van der Waals surface area contributed by atoms with Crippen molar-refractivity contribution < 1.29 is 18.7 Å². The van der Waals surface area contributed by atoms with Crippen molar-refractivity contribution in [3.8, 4) is 11.5 Å². The van der Waals surface area contributed by atoms with Crippen molar-refractivity contribution in [3.05, 3.63) is 64.4 Å². The number of nitrogens with one attached hydrogen (secondary N) is 2. The molecule has 2 aromatic heterocycles. The van der Waals surface area contributed by atoms with Gasteiger partial charge in [-0.05, 0) is 56.0 Å². The van der Waals surface area contributed by atoms with Gasteiger partial charge in [0.2, 0.25) is 6.79 Å². The van der Waals surface area contributed by atoms with Gasteiger partial charge in [0.05, 0.1) is 6.54 Å². The van der Waals surface area contributed by atoms with Gasteiger partial charge in [0.25, 0.3) is 5.91 Å². The van der Waals surface area contributed by atoms with Crippen molar-refractivity contribution in [2.24, 2.45) is 7.05 Å². The smallest absolute Gasteiger partial charge is 0.272 e. The highest BCUT2D eigenvalue weighted by atomic mass is 16.7. The van der Waals surface area contributed by atoms with Gasteiger partial charge in [-0.2, -0.15) is 5.10 Å². The topological polar surface area (TPSA) is 90.6 Å². The van der Waals surface area contributed by atoms with Crippen LogP contribution >= 0.6 is 0 Å². The Bertz CT molecular complexity index is 1120. The Hall–Kier alpha value is -3.26. The fourth-order valence-electron chi connectivity index (χ4n) is 4.29. The number of ether oxygens (including phenoxy) is 2. The van der Waals surface area contributed by atoms with E-state index in [2.05, 4.69) is 15.7 Å². The first kappa shape index (κ1) is 19.7. The molecule has 1 amide bonds. The first-order chi connectivity index (χ1) is 15.1. The lowest BCUT2D eigenvalue weighted by Gasteiger charge is -2.24. The number of hydrogen-bond acceptors (Lipinski definition) is 6.